The molecule has 132 valence electrons. The van der Waals surface area contributed by atoms with Crippen molar-refractivity contribution in [2.45, 2.75) is 13.3 Å². The molecule has 2 aromatic heterocycles. The lowest BCUT2D eigenvalue weighted by Crippen LogP contribution is -2.06. The minimum absolute atomic E-state index is 0.660. The van der Waals surface area contributed by atoms with Crippen molar-refractivity contribution in [3.05, 3.63) is 95.9 Å². The van der Waals surface area contributed by atoms with Crippen LogP contribution in [0.5, 0.6) is 0 Å². The van der Waals surface area contributed by atoms with Crippen molar-refractivity contribution in [3.63, 3.8) is 0 Å². The van der Waals surface area contributed by atoms with Gasteiger partial charge in [-0.2, -0.15) is 5.10 Å². The molecule has 0 aliphatic rings. The van der Waals surface area contributed by atoms with Crippen LogP contribution in [0.2, 0.25) is 0 Å². The van der Waals surface area contributed by atoms with Gasteiger partial charge in [0.05, 0.1) is 28.1 Å². The van der Waals surface area contributed by atoms with Crippen molar-refractivity contribution in [1.29, 1.82) is 0 Å². The molecule has 0 spiro atoms. The third kappa shape index (κ3) is 3.98. The van der Waals surface area contributed by atoms with Gasteiger partial charge in [-0.25, -0.2) is 9.97 Å². The highest BCUT2D eigenvalue weighted by Crippen LogP contribution is 2.20. The number of aromatic nitrogens is 3. The minimum Gasteiger partial charge on any atom is -0.259 e. The third-order valence-corrected chi connectivity index (χ3v) is 4.22. The highest BCUT2D eigenvalue weighted by atomic mass is 15.3. The van der Waals surface area contributed by atoms with E-state index in [9.17, 15) is 0 Å². The summed E-state index contributed by atoms with van der Waals surface area (Å²) in [5.74, 6) is 0.660. The van der Waals surface area contributed by atoms with Gasteiger partial charge in [0.1, 0.15) is 0 Å². The van der Waals surface area contributed by atoms with Gasteiger partial charge in [0.15, 0.2) is 5.82 Å². The Kier molecular flexibility index (Phi) is 4.83. The molecule has 0 atom stereocenters. The molecule has 27 heavy (non-hydrogen) atoms. The fourth-order valence-electron chi connectivity index (χ4n) is 2.81. The van der Waals surface area contributed by atoms with Crippen molar-refractivity contribution in [1.82, 2.24) is 15.0 Å². The molecule has 0 aliphatic heterocycles. The fraction of sp³-hybridized carbons (Fsp3) is 0.0909. The smallest absolute Gasteiger partial charge is 0.169 e. The van der Waals surface area contributed by atoms with Gasteiger partial charge in [-0.15, -0.1) is 0 Å². The number of pyridine rings is 1. The van der Waals surface area contributed by atoms with E-state index < -0.39 is 0 Å². The van der Waals surface area contributed by atoms with Crippen molar-refractivity contribution in [2.75, 3.05) is 5.43 Å². The Morgan fingerprint density at radius 2 is 1.56 bits per heavy atom. The first-order valence-electron chi connectivity index (χ1n) is 8.81. The Hall–Kier alpha value is -3.60. The number of rotatable bonds is 5. The second kappa shape index (κ2) is 7.74. The van der Waals surface area contributed by atoms with Crippen LogP contribution in [-0.4, -0.2) is 20.7 Å². The SMILES string of the molecule is C/C(=N/Nc1nc2ccccc2nc1Cc1ccccc1)c1ccccn1. The lowest BCUT2D eigenvalue weighted by molar-refractivity contribution is 1.05. The normalized spacial score (nSPS) is 11.5. The average molecular weight is 353 g/mol. The van der Waals surface area contributed by atoms with Crippen molar-refractivity contribution < 1.29 is 0 Å². The van der Waals surface area contributed by atoms with E-state index in [1.807, 2.05) is 67.6 Å². The van der Waals surface area contributed by atoms with Gasteiger partial charge in [0.25, 0.3) is 0 Å². The van der Waals surface area contributed by atoms with Crippen LogP contribution in [0.1, 0.15) is 23.9 Å². The summed E-state index contributed by atoms with van der Waals surface area (Å²) in [7, 11) is 0. The molecule has 0 saturated carbocycles. The maximum atomic E-state index is 4.81. The molecule has 0 bridgehead atoms. The van der Waals surface area contributed by atoms with Crippen LogP contribution in [0.4, 0.5) is 5.82 Å². The van der Waals surface area contributed by atoms with Crippen LogP contribution in [0.25, 0.3) is 11.0 Å². The molecule has 2 aromatic carbocycles. The summed E-state index contributed by atoms with van der Waals surface area (Å²) >= 11 is 0. The largest absolute Gasteiger partial charge is 0.259 e. The molecule has 2 heterocycles. The number of hydrogen-bond acceptors (Lipinski definition) is 5. The van der Waals surface area contributed by atoms with Gasteiger partial charge in [0.2, 0.25) is 0 Å². The van der Waals surface area contributed by atoms with Crippen LogP contribution in [0.3, 0.4) is 0 Å². The van der Waals surface area contributed by atoms with Gasteiger partial charge >= 0.3 is 0 Å². The first-order chi connectivity index (χ1) is 13.3. The third-order valence-electron chi connectivity index (χ3n) is 4.22. The van der Waals surface area contributed by atoms with E-state index in [0.29, 0.717) is 12.2 Å². The summed E-state index contributed by atoms with van der Waals surface area (Å²) in [5, 5.41) is 4.48. The number of hydrogen-bond donors (Lipinski definition) is 1. The van der Waals surface area contributed by atoms with Crippen LogP contribution >= 0.6 is 0 Å². The molecule has 0 aliphatic carbocycles. The summed E-state index contributed by atoms with van der Waals surface area (Å²) in [5.41, 5.74) is 8.45. The standard InChI is InChI=1S/C22H19N5/c1-16(18-11-7-8-14-23-18)26-27-22-21(15-17-9-3-2-4-10-17)24-19-12-5-6-13-20(19)25-22/h2-14H,15H2,1H3,(H,25,27)/b26-16-. The zero-order valence-electron chi connectivity index (χ0n) is 15.0. The number of benzene rings is 2. The predicted molar refractivity (Wildman–Crippen MR) is 109 cm³/mol. The Morgan fingerprint density at radius 3 is 2.30 bits per heavy atom. The van der Waals surface area contributed by atoms with Gasteiger partial charge in [-0.3, -0.25) is 10.4 Å². The Balaban J connectivity index is 1.70. The Morgan fingerprint density at radius 1 is 0.852 bits per heavy atom. The van der Waals surface area contributed by atoms with Crippen molar-refractivity contribution in [3.8, 4) is 0 Å². The number of hydrazone groups is 1. The lowest BCUT2D eigenvalue weighted by Gasteiger charge is -2.10. The van der Waals surface area contributed by atoms with Crippen LogP contribution in [0, 0.1) is 0 Å². The molecule has 4 rings (SSSR count). The molecule has 5 nitrogen and oxygen atoms in total. The molecule has 0 amide bonds. The van der Waals surface area contributed by atoms with E-state index in [1.54, 1.807) is 6.20 Å². The molecular formula is C22H19N5. The summed E-state index contributed by atoms with van der Waals surface area (Å²) in [6, 6.07) is 23.9. The number of para-hydroxylation sites is 2. The van der Waals surface area contributed by atoms with Crippen molar-refractivity contribution in [2.24, 2.45) is 5.10 Å². The summed E-state index contributed by atoms with van der Waals surface area (Å²) in [6.07, 6.45) is 2.43. The average Bonchev–Trinajstić information content (AvgIpc) is 2.73. The number of nitrogens with one attached hydrogen (secondary N) is 1. The van der Waals surface area contributed by atoms with Gasteiger partial charge < -0.3 is 0 Å². The van der Waals surface area contributed by atoms with E-state index in [0.717, 1.165) is 28.1 Å². The molecule has 0 saturated heterocycles. The van der Waals surface area contributed by atoms with E-state index in [-0.39, 0.29) is 0 Å². The van der Waals surface area contributed by atoms with Crippen molar-refractivity contribution >= 4 is 22.6 Å². The Bertz CT molecular complexity index is 1080. The quantitative estimate of drug-likeness (QED) is 0.425. The first kappa shape index (κ1) is 16.8. The molecule has 0 unspecified atom stereocenters. The second-order valence-corrected chi connectivity index (χ2v) is 6.19. The molecule has 0 radical (unpaired) electrons. The zero-order valence-corrected chi connectivity index (χ0v) is 15.0. The molecule has 5 heteroatoms. The van der Waals surface area contributed by atoms with Crippen LogP contribution in [0.15, 0.2) is 84.1 Å². The molecule has 4 aromatic rings. The van der Waals surface area contributed by atoms with Gasteiger partial charge in [-0.05, 0) is 36.8 Å². The fourth-order valence-corrected chi connectivity index (χ4v) is 2.81. The molecule has 0 fully saturated rings. The summed E-state index contributed by atoms with van der Waals surface area (Å²) in [4.78, 5) is 13.9. The van der Waals surface area contributed by atoms with E-state index in [1.165, 1.54) is 5.56 Å². The zero-order chi connectivity index (χ0) is 18.5. The molecule has 1 N–H and O–H groups in total. The predicted octanol–water partition coefficient (Wildman–Crippen LogP) is 4.45. The lowest BCUT2D eigenvalue weighted by atomic mass is 10.1. The topological polar surface area (TPSA) is 63.1 Å². The second-order valence-electron chi connectivity index (χ2n) is 6.19. The number of anilines is 1. The highest BCUT2D eigenvalue weighted by Gasteiger charge is 2.10. The first-order valence-corrected chi connectivity index (χ1v) is 8.81. The van der Waals surface area contributed by atoms with Gasteiger partial charge in [0, 0.05) is 12.6 Å². The monoisotopic (exact) mass is 353 g/mol. The number of nitrogens with zero attached hydrogens (tertiary/aromatic N) is 4. The Labute approximate surface area is 157 Å². The van der Waals surface area contributed by atoms with E-state index >= 15 is 0 Å². The maximum Gasteiger partial charge on any atom is 0.169 e. The van der Waals surface area contributed by atoms with Gasteiger partial charge in [-0.1, -0.05) is 48.5 Å². The summed E-state index contributed by atoms with van der Waals surface area (Å²) in [6.45, 7) is 1.92. The minimum atomic E-state index is 0.660. The highest BCUT2D eigenvalue weighted by molar-refractivity contribution is 5.97. The van der Waals surface area contributed by atoms with Crippen LogP contribution in [-0.2, 0) is 6.42 Å². The molecular weight excluding hydrogens is 334 g/mol. The van der Waals surface area contributed by atoms with E-state index in [4.69, 9.17) is 9.97 Å². The van der Waals surface area contributed by atoms with Crippen LogP contribution < -0.4 is 5.43 Å². The maximum absolute atomic E-state index is 4.81. The number of fused-ring (bicyclic) bond motifs is 1. The van der Waals surface area contributed by atoms with E-state index in [2.05, 4.69) is 27.6 Å². The summed E-state index contributed by atoms with van der Waals surface area (Å²) < 4.78 is 0.